The molecule has 0 unspecified atom stereocenters. The Labute approximate surface area is 143 Å². The van der Waals surface area contributed by atoms with Gasteiger partial charge in [0.2, 0.25) is 10.0 Å². The lowest BCUT2D eigenvalue weighted by atomic mass is 10.3. The van der Waals surface area contributed by atoms with E-state index in [0.29, 0.717) is 24.7 Å². The van der Waals surface area contributed by atoms with E-state index in [2.05, 4.69) is 10.3 Å². The van der Waals surface area contributed by atoms with E-state index in [-0.39, 0.29) is 22.9 Å². The number of nitrogens with zero attached hydrogens (tertiary/aromatic N) is 2. The van der Waals surface area contributed by atoms with E-state index in [0.717, 1.165) is 11.3 Å². The lowest BCUT2D eigenvalue weighted by molar-refractivity contribution is 0.0730. The number of thiophene rings is 1. The molecule has 1 aliphatic rings. The average Bonchev–Trinajstić information content (AvgIpc) is 3.08. The number of nitrogen functional groups attached to an aromatic ring is 1. The molecule has 2 aromatic rings. The molecule has 8 nitrogen and oxygen atoms in total. The van der Waals surface area contributed by atoms with Crippen LogP contribution in [0.3, 0.4) is 0 Å². The Hall–Kier alpha value is -2.01. The Bertz CT molecular complexity index is 827. The van der Waals surface area contributed by atoms with Gasteiger partial charge in [0, 0.05) is 13.1 Å². The lowest BCUT2D eigenvalue weighted by Gasteiger charge is -2.26. The molecular weight excluding hydrogens is 352 g/mol. The van der Waals surface area contributed by atoms with E-state index < -0.39 is 15.9 Å². The number of nitrogens with two attached hydrogens (primary N) is 1. The first-order valence-corrected chi connectivity index (χ1v) is 9.49. The van der Waals surface area contributed by atoms with Gasteiger partial charge in [-0.1, -0.05) is 0 Å². The van der Waals surface area contributed by atoms with Crippen molar-refractivity contribution in [3.05, 3.63) is 34.7 Å². The van der Waals surface area contributed by atoms with Crippen molar-refractivity contribution in [3.8, 4) is 0 Å². The molecule has 1 saturated heterocycles. The number of anilines is 2. The van der Waals surface area contributed by atoms with Crippen molar-refractivity contribution in [2.75, 3.05) is 37.4 Å². The number of sulfonamides is 1. The van der Waals surface area contributed by atoms with Crippen LogP contribution in [-0.4, -0.2) is 49.9 Å². The summed E-state index contributed by atoms with van der Waals surface area (Å²) in [6, 6.07) is 4.60. The zero-order valence-electron chi connectivity index (χ0n) is 12.6. The summed E-state index contributed by atoms with van der Waals surface area (Å²) in [5, 5.41) is 4.22. The summed E-state index contributed by atoms with van der Waals surface area (Å²) in [5.41, 5.74) is 5.94. The Morgan fingerprint density at radius 3 is 2.71 bits per heavy atom. The molecule has 0 aromatic carbocycles. The molecule has 0 aliphatic carbocycles. The number of amides is 1. The van der Waals surface area contributed by atoms with Crippen LogP contribution in [0.1, 0.15) is 9.67 Å². The Morgan fingerprint density at radius 2 is 2.04 bits per heavy atom. The summed E-state index contributed by atoms with van der Waals surface area (Å²) in [7, 11) is -3.73. The largest absolute Gasteiger partial charge is 0.384 e. The predicted molar refractivity (Wildman–Crippen MR) is 90.5 cm³/mol. The number of hydrogen-bond donors (Lipinski definition) is 2. The molecule has 3 heterocycles. The van der Waals surface area contributed by atoms with Crippen LogP contribution in [0.25, 0.3) is 0 Å². The van der Waals surface area contributed by atoms with Gasteiger partial charge in [-0.3, -0.25) is 4.79 Å². The van der Waals surface area contributed by atoms with Crippen molar-refractivity contribution in [3.63, 3.8) is 0 Å². The molecule has 2 aromatic heterocycles. The van der Waals surface area contributed by atoms with Crippen LogP contribution >= 0.6 is 11.3 Å². The molecule has 0 spiro atoms. The standard InChI is InChI=1S/C14H16N4O4S2/c15-12-2-1-10(9-16-12)17-14(19)13-11(3-8-23-13)24(20,21)18-4-6-22-7-5-18/h1-3,8-9H,4-7H2,(H2,15,16)(H,17,19). The summed E-state index contributed by atoms with van der Waals surface area (Å²) >= 11 is 1.08. The number of rotatable bonds is 4. The zero-order chi connectivity index (χ0) is 17.2. The summed E-state index contributed by atoms with van der Waals surface area (Å²) < 4.78 is 32.0. The van der Waals surface area contributed by atoms with Gasteiger partial charge in [-0.15, -0.1) is 11.3 Å². The highest BCUT2D eigenvalue weighted by atomic mass is 32.2. The van der Waals surface area contributed by atoms with Gasteiger partial charge >= 0.3 is 0 Å². The second-order valence-corrected chi connectivity index (χ2v) is 7.88. The molecule has 1 amide bonds. The van der Waals surface area contributed by atoms with E-state index >= 15 is 0 Å². The number of pyridine rings is 1. The van der Waals surface area contributed by atoms with E-state index in [4.69, 9.17) is 10.5 Å². The second kappa shape index (κ2) is 6.85. The fraction of sp³-hybridized carbons (Fsp3) is 0.286. The Balaban J connectivity index is 1.84. The van der Waals surface area contributed by atoms with Gasteiger partial charge in [-0.25, -0.2) is 13.4 Å². The van der Waals surface area contributed by atoms with Crippen LogP contribution in [0.5, 0.6) is 0 Å². The second-order valence-electron chi connectivity index (χ2n) is 5.06. The zero-order valence-corrected chi connectivity index (χ0v) is 14.3. The maximum absolute atomic E-state index is 12.7. The van der Waals surface area contributed by atoms with E-state index in [1.54, 1.807) is 17.5 Å². The van der Waals surface area contributed by atoms with Crippen molar-refractivity contribution in [2.45, 2.75) is 4.90 Å². The van der Waals surface area contributed by atoms with E-state index in [1.807, 2.05) is 0 Å². The van der Waals surface area contributed by atoms with Gasteiger partial charge in [0.1, 0.15) is 15.6 Å². The van der Waals surface area contributed by atoms with Crippen molar-refractivity contribution in [1.29, 1.82) is 0 Å². The minimum absolute atomic E-state index is 0.00954. The molecule has 0 bridgehead atoms. The lowest BCUT2D eigenvalue weighted by Crippen LogP contribution is -2.41. The minimum Gasteiger partial charge on any atom is -0.384 e. The number of morpholine rings is 1. The van der Waals surface area contributed by atoms with E-state index in [1.165, 1.54) is 16.6 Å². The number of hydrogen-bond acceptors (Lipinski definition) is 7. The number of aromatic nitrogens is 1. The van der Waals surface area contributed by atoms with Gasteiger partial charge in [-0.2, -0.15) is 4.31 Å². The van der Waals surface area contributed by atoms with Crippen molar-refractivity contribution >= 4 is 38.8 Å². The Kier molecular flexibility index (Phi) is 4.81. The van der Waals surface area contributed by atoms with Crippen molar-refractivity contribution < 1.29 is 17.9 Å². The predicted octanol–water partition coefficient (Wildman–Crippen LogP) is 0.999. The smallest absolute Gasteiger partial charge is 0.267 e. The third-order valence-electron chi connectivity index (χ3n) is 3.47. The molecule has 1 fully saturated rings. The van der Waals surface area contributed by atoms with Crippen LogP contribution < -0.4 is 11.1 Å². The molecule has 3 N–H and O–H groups in total. The summed E-state index contributed by atoms with van der Waals surface area (Å²) in [6.45, 7) is 1.26. The maximum Gasteiger partial charge on any atom is 0.267 e. The highest BCUT2D eigenvalue weighted by Gasteiger charge is 2.31. The van der Waals surface area contributed by atoms with Crippen molar-refractivity contribution in [1.82, 2.24) is 9.29 Å². The first kappa shape index (κ1) is 16.8. The highest BCUT2D eigenvalue weighted by Crippen LogP contribution is 2.26. The van der Waals surface area contributed by atoms with Crippen LogP contribution in [0.2, 0.25) is 0 Å². The molecule has 0 radical (unpaired) electrons. The van der Waals surface area contributed by atoms with Gasteiger partial charge in [-0.05, 0) is 23.6 Å². The minimum atomic E-state index is -3.73. The fourth-order valence-electron chi connectivity index (χ4n) is 2.26. The third kappa shape index (κ3) is 3.41. The topological polar surface area (TPSA) is 115 Å². The summed E-state index contributed by atoms with van der Waals surface area (Å²) in [5.74, 6) is -0.164. The van der Waals surface area contributed by atoms with Crippen molar-refractivity contribution in [2.24, 2.45) is 0 Å². The molecule has 0 atom stereocenters. The van der Waals surface area contributed by atoms with Gasteiger partial charge in [0.25, 0.3) is 5.91 Å². The van der Waals surface area contributed by atoms with Gasteiger partial charge in [0.05, 0.1) is 25.1 Å². The summed E-state index contributed by atoms with van der Waals surface area (Å²) in [6.07, 6.45) is 1.41. The molecule has 10 heteroatoms. The highest BCUT2D eigenvalue weighted by molar-refractivity contribution is 7.89. The maximum atomic E-state index is 12.7. The van der Waals surface area contributed by atoms with Crippen LogP contribution in [0.4, 0.5) is 11.5 Å². The molecule has 0 saturated carbocycles. The molecule has 3 rings (SSSR count). The van der Waals surface area contributed by atoms with Gasteiger partial charge < -0.3 is 15.8 Å². The van der Waals surface area contributed by atoms with Crippen LogP contribution in [0, 0.1) is 0 Å². The fourth-order valence-corrected chi connectivity index (χ4v) is 4.96. The number of carbonyl (C=O) groups is 1. The summed E-state index contributed by atoms with van der Waals surface area (Å²) in [4.78, 5) is 16.5. The quantitative estimate of drug-likeness (QED) is 0.832. The number of nitrogens with one attached hydrogen (secondary N) is 1. The first-order chi connectivity index (χ1) is 11.5. The number of carbonyl (C=O) groups excluding carboxylic acids is 1. The number of ether oxygens (including phenoxy) is 1. The third-order valence-corrected chi connectivity index (χ3v) is 6.45. The van der Waals surface area contributed by atoms with E-state index in [9.17, 15) is 13.2 Å². The molecule has 1 aliphatic heterocycles. The molecule has 128 valence electrons. The Morgan fingerprint density at radius 1 is 1.29 bits per heavy atom. The SMILES string of the molecule is Nc1ccc(NC(=O)c2sccc2S(=O)(=O)N2CCOCC2)cn1. The molecule has 24 heavy (non-hydrogen) atoms. The average molecular weight is 368 g/mol. The van der Waals surface area contributed by atoms with Crippen LogP contribution in [-0.2, 0) is 14.8 Å². The first-order valence-electron chi connectivity index (χ1n) is 7.17. The monoisotopic (exact) mass is 368 g/mol. The normalized spacial score (nSPS) is 16.0. The van der Waals surface area contributed by atoms with Crippen LogP contribution in [0.15, 0.2) is 34.7 Å². The van der Waals surface area contributed by atoms with Gasteiger partial charge in [0.15, 0.2) is 0 Å². The molecular formula is C14H16N4O4S2.